The number of likely N-dealkylation sites (tertiary alicyclic amines) is 1. The summed E-state index contributed by atoms with van der Waals surface area (Å²) in [4.78, 5) is 41.1. The fourth-order valence-corrected chi connectivity index (χ4v) is 3.90. The molecule has 0 aliphatic carbocycles. The number of hydrogen-bond donors (Lipinski definition) is 1. The molecule has 2 aliphatic rings. The van der Waals surface area contributed by atoms with Crippen molar-refractivity contribution < 1.29 is 14.4 Å². The van der Waals surface area contributed by atoms with Crippen molar-refractivity contribution in [1.82, 2.24) is 15.1 Å². The molecule has 1 N–H and O–H groups in total. The molecule has 2 aliphatic heterocycles. The minimum absolute atomic E-state index is 0.145. The maximum Gasteiger partial charge on any atom is 0.325 e. The molecule has 2 atom stereocenters. The third-order valence-corrected chi connectivity index (χ3v) is 5.62. The third-order valence-electron chi connectivity index (χ3n) is 5.62. The van der Waals surface area contributed by atoms with Gasteiger partial charge in [-0.25, -0.2) is 4.79 Å². The Kier molecular flexibility index (Phi) is 5.03. The zero-order valence-electron chi connectivity index (χ0n) is 15.7. The van der Waals surface area contributed by atoms with Crippen LogP contribution in [-0.2, 0) is 15.1 Å². The molecule has 0 saturated carbocycles. The molecule has 3 rings (SSSR count). The van der Waals surface area contributed by atoms with Crippen molar-refractivity contribution in [2.24, 2.45) is 0 Å². The highest BCUT2D eigenvalue weighted by Gasteiger charge is 2.49. The van der Waals surface area contributed by atoms with Crippen LogP contribution in [0.25, 0.3) is 0 Å². The quantitative estimate of drug-likeness (QED) is 0.842. The molecular formula is C20H27N3O3. The molecule has 140 valence electrons. The Hall–Kier alpha value is -2.37. The van der Waals surface area contributed by atoms with Gasteiger partial charge in [-0.05, 0) is 45.1 Å². The van der Waals surface area contributed by atoms with Gasteiger partial charge in [-0.3, -0.25) is 14.5 Å². The Morgan fingerprint density at radius 3 is 2.58 bits per heavy atom. The Bertz CT molecular complexity index is 716. The molecule has 1 aromatic carbocycles. The average molecular weight is 357 g/mol. The molecule has 2 saturated heterocycles. The second-order valence-electron chi connectivity index (χ2n) is 7.46. The maximum absolute atomic E-state index is 13.0. The summed E-state index contributed by atoms with van der Waals surface area (Å²) in [5, 5.41) is 2.77. The van der Waals surface area contributed by atoms with Gasteiger partial charge >= 0.3 is 6.03 Å². The molecule has 0 spiro atoms. The first-order valence-electron chi connectivity index (χ1n) is 9.37. The topological polar surface area (TPSA) is 69.7 Å². The number of benzene rings is 1. The molecule has 0 radical (unpaired) electrons. The Labute approximate surface area is 154 Å². The number of carbonyl (C=O) groups excluding carboxylic acids is 3. The van der Waals surface area contributed by atoms with Gasteiger partial charge in [0.25, 0.3) is 5.91 Å². The predicted molar refractivity (Wildman–Crippen MR) is 98.4 cm³/mol. The molecule has 2 heterocycles. The predicted octanol–water partition coefficient (Wildman–Crippen LogP) is 2.55. The molecule has 0 unspecified atom stereocenters. The Morgan fingerprint density at radius 1 is 1.23 bits per heavy atom. The average Bonchev–Trinajstić information content (AvgIpc) is 2.86. The summed E-state index contributed by atoms with van der Waals surface area (Å²) in [5.41, 5.74) is 0.676. The van der Waals surface area contributed by atoms with E-state index < -0.39 is 11.6 Å². The minimum atomic E-state index is -1.13. The van der Waals surface area contributed by atoms with Gasteiger partial charge in [-0.2, -0.15) is 0 Å². The van der Waals surface area contributed by atoms with E-state index in [9.17, 15) is 14.4 Å². The van der Waals surface area contributed by atoms with E-state index in [1.807, 2.05) is 36.1 Å². The zero-order chi connectivity index (χ0) is 18.9. The first kappa shape index (κ1) is 18.4. The molecule has 6 nitrogen and oxygen atoms in total. The maximum atomic E-state index is 13.0. The number of aryl methyl sites for hydroxylation is 1. The van der Waals surface area contributed by atoms with Crippen molar-refractivity contribution in [2.45, 2.75) is 58.0 Å². The molecular weight excluding hydrogens is 330 g/mol. The smallest absolute Gasteiger partial charge is 0.325 e. The summed E-state index contributed by atoms with van der Waals surface area (Å²) in [6.45, 7) is 6.24. The van der Waals surface area contributed by atoms with E-state index in [-0.39, 0.29) is 24.4 Å². The van der Waals surface area contributed by atoms with E-state index in [4.69, 9.17) is 0 Å². The number of imide groups is 1. The van der Waals surface area contributed by atoms with E-state index in [1.54, 1.807) is 6.92 Å². The van der Waals surface area contributed by atoms with Crippen molar-refractivity contribution in [1.29, 1.82) is 0 Å². The first-order chi connectivity index (χ1) is 12.4. The van der Waals surface area contributed by atoms with Crippen LogP contribution in [0.5, 0.6) is 0 Å². The molecule has 1 aromatic rings. The van der Waals surface area contributed by atoms with Crippen LogP contribution in [-0.4, -0.2) is 46.8 Å². The van der Waals surface area contributed by atoms with Crippen molar-refractivity contribution in [3.05, 3.63) is 35.4 Å². The second-order valence-corrected chi connectivity index (χ2v) is 7.46. The third kappa shape index (κ3) is 3.20. The number of urea groups is 1. The van der Waals surface area contributed by atoms with Crippen molar-refractivity contribution >= 4 is 17.8 Å². The number of amides is 4. The normalized spacial score (nSPS) is 26.2. The highest BCUT2D eigenvalue weighted by molar-refractivity contribution is 6.09. The summed E-state index contributed by atoms with van der Waals surface area (Å²) in [6.07, 6.45) is 3.98. The number of carbonyl (C=O) groups is 3. The van der Waals surface area contributed by atoms with E-state index in [1.165, 1.54) is 0 Å². The number of rotatable bonds is 4. The lowest BCUT2D eigenvalue weighted by atomic mass is 9.91. The van der Waals surface area contributed by atoms with Gasteiger partial charge in [0.2, 0.25) is 5.91 Å². The van der Waals surface area contributed by atoms with Crippen LogP contribution in [0.2, 0.25) is 0 Å². The van der Waals surface area contributed by atoms with E-state index in [0.717, 1.165) is 41.7 Å². The standard InChI is InChI=1S/C20H27N3O3/c1-4-16-7-5-6-12-22(16)17(24)13-23-18(25)20(3,21-19(23)26)15-10-8-14(2)9-11-15/h8-11,16H,4-7,12-13H2,1-3H3,(H,21,26)/t16-,20+/m1/s1. The number of nitrogens with zero attached hydrogens (tertiary/aromatic N) is 2. The van der Waals surface area contributed by atoms with Crippen molar-refractivity contribution in [3.63, 3.8) is 0 Å². The van der Waals surface area contributed by atoms with Crippen molar-refractivity contribution in [2.75, 3.05) is 13.1 Å². The fourth-order valence-electron chi connectivity index (χ4n) is 3.90. The van der Waals surface area contributed by atoms with E-state index in [2.05, 4.69) is 12.2 Å². The highest BCUT2D eigenvalue weighted by atomic mass is 16.2. The van der Waals surface area contributed by atoms with Crippen LogP contribution in [0.3, 0.4) is 0 Å². The summed E-state index contributed by atoms with van der Waals surface area (Å²) in [6, 6.07) is 7.21. The Balaban J connectivity index is 1.76. The number of piperidine rings is 1. The summed E-state index contributed by atoms with van der Waals surface area (Å²) in [5.74, 6) is -0.516. The molecule has 4 amide bonds. The summed E-state index contributed by atoms with van der Waals surface area (Å²) < 4.78 is 0. The van der Waals surface area contributed by atoms with Crippen molar-refractivity contribution in [3.8, 4) is 0 Å². The van der Waals surface area contributed by atoms with Gasteiger partial charge in [0.15, 0.2) is 0 Å². The molecule has 2 fully saturated rings. The fraction of sp³-hybridized carbons (Fsp3) is 0.550. The van der Waals surface area contributed by atoms with Gasteiger partial charge < -0.3 is 10.2 Å². The van der Waals surface area contributed by atoms with Crippen LogP contribution >= 0.6 is 0 Å². The molecule has 0 aromatic heterocycles. The lowest BCUT2D eigenvalue weighted by Crippen LogP contribution is -2.49. The van der Waals surface area contributed by atoms with Crippen LogP contribution in [0.1, 0.15) is 50.7 Å². The molecule has 26 heavy (non-hydrogen) atoms. The largest absolute Gasteiger partial charge is 0.338 e. The van der Waals surface area contributed by atoms with Crippen LogP contribution in [0, 0.1) is 6.92 Å². The monoisotopic (exact) mass is 357 g/mol. The van der Waals surface area contributed by atoms with Gasteiger partial charge in [-0.15, -0.1) is 0 Å². The summed E-state index contributed by atoms with van der Waals surface area (Å²) in [7, 11) is 0. The van der Waals surface area contributed by atoms with Crippen LogP contribution < -0.4 is 5.32 Å². The number of nitrogens with one attached hydrogen (secondary N) is 1. The van der Waals surface area contributed by atoms with Gasteiger partial charge in [-0.1, -0.05) is 36.8 Å². The lowest BCUT2D eigenvalue weighted by molar-refractivity contribution is -0.141. The zero-order valence-corrected chi connectivity index (χ0v) is 15.7. The summed E-state index contributed by atoms with van der Waals surface area (Å²) >= 11 is 0. The second kappa shape index (κ2) is 7.09. The van der Waals surface area contributed by atoms with Gasteiger partial charge in [0.05, 0.1) is 0 Å². The minimum Gasteiger partial charge on any atom is -0.338 e. The highest BCUT2D eigenvalue weighted by Crippen LogP contribution is 2.29. The lowest BCUT2D eigenvalue weighted by Gasteiger charge is -2.36. The molecule has 0 bridgehead atoms. The van der Waals surface area contributed by atoms with E-state index in [0.29, 0.717) is 6.54 Å². The first-order valence-corrected chi connectivity index (χ1v) is 9.37. The van der Waals surface area contributed by atoms with Gasteiger partial charge in [0, 0.05) is 12.6 Å². The molecule has 6 heteroatoms. The van der Waals surface area contributed by atoms with E-state index >= 15 is 0 Å². The van der Waals surface area contributed by atoms with Crippen LogP contribution in [0.15, 0.2) is 24.3 Å². The Morgan fingerprint density at radius 2 is 1.92 bits per heavy atom. The SMILES string of the molecule is CC[C@@H]1CCCCN1C(=O)CN1C(=O)N[C@@](C)(c2ccc(C)cc2)C1=O. The number of hydrogen-bond acceptors (Lipinski definition) is 3. The van der Waals surface area contributed by atoms with Crippen LogP contribution in [0.4, 0.5) is 4.79 Å². The van der Waals surface area contributed by atoms with Gasteiger partial charge in [0.1, 0.15) is 12.1 Å².